The molecule has 1 heterocycles. The predicted octanol–water partition coefficient (Wildman–Crippen LogP) is 4.70. The van der Waals surface area contributed by atoms with Crippen LogP contribution in [0.25, 0.3) is 0 Å². The summed E-state index contributed by atoms with van der Waals surface area (Å²) in [6.07, 6.45) is 10.0. The Labute approximate surface area is 159 Å². The van der Waals surface area contributed by atoms with E-state index >= 15 is 0 Å². The van der Waals surface area contributed by atoms with Crippen molar-refractivity contribution in [1.29, 1.82) is 0 Å². The molecule has 1 N–H and O–H groups in total. The van der Waals surface area contributed by atoms with Crippen LogP contribution in [-0.2, 0) is 6.42 Å². The van der Waals surface area contributed by atoms with E-state index in [2.05, 4.69) is 18.2 Å². The van der Waals surface area contributed by atoms with Crippen molar-refractivity contribution in [2.75, 3.05) is 11.4 Å². The predicted molar refractivity (Wildman–Crippen MR) is 105 cm³/mol. The van der Waals surface area contributed by atoms with E-state index in [1.165, 1.54) is 24.1 Å². The molecule has 0 saturated carbocycles. The maximum absolute atomic E-state index is 13.2. The lowest BCUT2D eigenvalue weighted by Crippen LogP contribution is -2.33. The molecule has 4 nitrogen and oxygen atoms in total. The van der Waals surface area contributed by atoms with Crippen LogP contribution in [0.3, 0.4) is 0 Å². The van der Waals surface area contributed by atoms with Crippen LogP contribution in [0.1, 0.15) is 52.0 Å². The van der Waals surface area contributed by atoms with E-state index in [-0.39, 0.29) is 16.9 Å². The summed E-state index contributed by atoms with van der Waals surface area (Å²) in [7, 11) is 0. The molecule has 1 spiro atoms. The zero-order valence-corrected chi connectivity index (χ0v) is 15.2. The second-order valence-corrected chi connectivity index (χ2v) is 7.55. The van der Waals surface area contributed by atoms with Gasteiger partial charge in [-0.3, -0.25) is 4.79 Å². The fourth-order valence-electron chi connectivity index (χ4n) is 4.31. The Morgan fingerprint density at radius 1 is 0.963 bits per heavy atom. The Bertz CT molecular complexity index is 900. The number of allylic oxidation sites excluding steroid dienone is 2. The molecule has 4 rings (SSSR count). The molecule has 1 aliphatic carbocycles. The van der Waals surface area contributed by atoms with Gasteiger partial charge in [0.25, 0.3) is 5.91 Å². The van der Waals surface area contributed by atoms with Gasteiger partial charge in [-0.05, 0) is 73.4 Å². The van der Waals surface area contributed by atoms with Gasteiger partial charge in [-0.15, -0.1) is 0 Å². The molecular formula is C23H23NO3. The van der Waals surface area contributed by atoms with E-state index in [4.69, 9.17) is 5.11 Å². The lowest BCUT2D eigenvalue weighted by atomic mass is 9.72. The van der Waals surface area contributed by atoms with Crippen LogP contribution in [0.5, 0.6) is 0 Å². The van der Waals surface area contributed by atoms with Crippen molar-refractivity contribution in [2.24, 2.45) is 5.41 Å². The van der Waals surface area contributed by atoms with Crippen molar-refractivity contribution in [3.05, 3.63) is 77.4 Å². The molecule has 0 aromatic heterocycles. The SMILES string of the molecule is O=C(O)c1ccc(C(=O)N2CCC3(C=CCCC3)Cc3ccccc32)cc1. The third-order valence-corrected chi connectivity index (χ3v) is 5.80. The van der Waals surface area contributed by atoms with Crippen molar-refractivity contribution < 1.29 is 14.7 Å². The zero-order chi connectivity index (χ0) is 18.9. The van der Waals surface area contributed by atoms with Gasteiger partial charge in [-0.25, -0.2) is 4.79 Å². The maximum atomic E-state index is 13.2. The number of rotatable bonds is 2. The number of para-hydroxylation sites is 1. The topological polar surface area (TPSA) is 57.6 Å². The molecule has 27 heavy (non-hydrogen) atoms. The molecule has 1 aliphatic heterocycles. The second kappa shape index (κ2) is 7.03. The lowest BCUT2D eigenvalue weighted by Gasteiger charge is -2.32. The number of hydrogen-bond acceptors (Lipinski definition) is 2. The molecule has 0 saturated heterocycles. The number of anilines is 1. The van der Waals surface area contributed by atoms with Crippen LogP contribution in [0.15, 0.2) is 60.7 Å². The second-order valence-electron chi connectivity index (χ2n) is 7.55. The van der Waals surface area contributed by atoms with Gasteiger partial charge in [0, 0.05) is 17.8 Å². The fourth-order valence-corrected chi connectivity index (χ4v) is 4.31. The minimum Gasteiger partial charge on any atom is -0.478 e. The molecule has 1 unspecified atom stereocenters. The molecule has 0 fully saturated rings. The highest BCUT2D eigenvalue weighted by molar-refractivity contribution is 6.07. The quantitative estimate of drug-likeness (QED) is 0.789. The smallest absolute Gasteiger partial charge is 0.335 e. The van der Waals surface area contributed by atoms with Gasteiger partial charge >= 0.3 is 5.97 Å². The highest BCUT2D eigenvalue weighted by atomic mass is 16.4. The van der Waals surface area contributed by atoms with E-state index < -0.39 is 5.97 Å². The molecule has 0 radical (unpaired) electrons. The number of nitrogens with zero attached hydrogens (tertiary/aromatic N) is 1. The summed E-state index contributed by atoms with van der Waals surface area (Å²) in [5.74, 6) is -1.06. The van der Waals surface area contributed by atoms with E-state index in [1.807, 2.05) is 23.1 Å². The molecule has 0 bridgehead atoms. The van der Waals surface area contributed by atoms with Crippen molar-refractivity contribution in [3.8, 4) is 0 Å². The standard InChI is InChI=1S/C23H23NO3/c25-21(17-8-10-18(11-9-17)22(26)27)24-15-14-23(12-4-1-5-13-23)16-19-6-2-3-7-20(19)24/h2-4,6-12H,1,5,13-16H2,(H,26,27). The molecule has 4 heteroatoms. The average molecular weight is 361 g/mol. The summed E-state index contributed by atoms with van der Waals surface area (Å²) in [5, 5.41) is 9.07. The highest BCUT2D eigenvalue weighted by Crippen LogP contribution is 2.43. The van der Waals surface area contributed by atoms with Gasteiger partial charge in [0.05, 0.1) is 5.56 Å². The molecule has 1 amide bonds. The van der Waals surface area contributed by atoms with E-state index in [9.17, 15) is 9.59 Å². The molecule has 2 aromatic carbocycles. The number of carbonyl (C=O) groups excluding carboxylic acids is 1. The number of hydrogen-bond donors (Lipinski definition) is 1. The Kier molecular flexibility index (Phi) is 4.56. The van der Waals surface area contributed by atoms with Gasteiger partial charge in [0.2, 0.25) is 0 Å². The first kappa shape index (κ1) is 17.5. The first-order valence-electron chi connectivity index (χ1n) is 9.49. The third-order valence-electron chi connectivity index (χ3n) is 5.80. The van der Waals surface area contributed by atoms with Crippen molar-refractivity contribution in [1.82, 2.24) is 0 Å². The number of carboxylic acid groups (broad SMARTS) is 1. The van der Waals surface area contributed by atoms with Crippen LogP contribution in [0, 0.1) is 5.41 Å². The first-order valence-corrected chi connectivity index (χ1v) is 9.49. The Morgan fingerprint density at radius 3 is 2.41 bits per heavy atom. The molecule has 2 aliphatic rings. The molecule has 1 atom stereocenters. The summed E-state index contributed by atoms with van der Waals surface area (Å²) in [6.45, 7) is 0.668. The van der Waals surface area contributed by atoms with Gasteiger partial charge < -0.3 is 10.0 Å². The minimum atomic E-state index is -0.986. The zero-order valence-electron chi connectivity index (χ0n) is 15.2. The van der Waals surface area contributed by atoms with Crippen molar-refractivity contribution in [3.63, 3.8) is 0 Å². The number of fused-ring (bicyclic) bond motifs is 1. The van der Waals surface area contributed by atoms with Gasteiger partial charge in [-0.1, -0.05) is 30.4 Å². The van der Waals surface area contributed by atoms with E-state index in [0.717, 1.165) is 31.4 Å². The van der Waals surface area contributed by atoms with Crippen LogP contribution >= 0.6 is 0 Å². The lowest BCUT2D eigenvalue weighted by molar-refractivity contribution is 0.0696. The Balaban J connectivity index is 1.68. The summed E-state index contributed by atoms with van der Waals surface area (Å²) >= 11 is 0. The molecule has 2 aromatic rings. The number of carbonyl (C=O) groups is 2. The third kappa shape index (κ3) is 3.39. The van der Waals surface area contributed by atoms with Crippen LogP contribution in [0.4, 0.5) is 5.69 Å². The van der Waals surface area contributed by atoms with Crippen molar-refractivity contribution in [2.45, 2.75) is 32.1 Å². The van der Waals surface area contributed by atoms with Gasteiger partial charge in [0.15, 0.2) is 0 Å². The monoisotopic (exact) mass is 361 g/mol. The summed E-state index contributed by atoms with van der Waals surface area (Å²) in [6, 6.07) is 14.3. The van der Waals surface area contributed by atoms with Gasteiger partial charge in [-0.2, -0.15) is 0 Å². The summed E-state index contributed by atoms with van der Waals surface area (Å²) in [5.41, 5.74) is 3.02. The largest absolute Gasteiger partial charge is 0.478 e. The Morgan fingerprint density at radius 2 is 1.70 bits per heavy atom. The number of aromatic carboxylic acids is 1. The highest BCUT2D eigenvalue weighted by Gasteiger charge is 2.35. The maximum Gasteiger partial charge on any atom is 0.335 e. The average Bonchev–Trinajstić information content (AvgIpc) is 2.85. The fraction of sp³-hybridized carbons (Fsp3) is 0.304. The minimum absolute atomic E-state index is 0.0729. The first-order chi connectivity index (χ1) is 13.1. The van der Waals surface area contributed by atoms with E-state index in [1.54, 1.807) is 12.1 Å². The van der Waals surface area contributed by atoms with E-state index in [0.29, 0.717) is 12.1 Å². The molecule has 138 valence electrons. The number of amides is 1. The van der Waals surface area contributed by atoms with Crippen LogP contribution < -0.4 is 4.90 Å². The summed E-state index contributed by atoms with van der Waals surface area (Å²) in [4.78, 5) is 26.2. The normalized spacial score (nSPS) is 21.6. The molecular weight excluding hydrogens is 338 g/mol. The van der Waals surface area contributed by atoms with Crippen LogP contribution in [0.2, 0.25) is 0 Å². The van der Waals surface area contributed by atoms with Crippen molar-refractivity contribution >= 4 is 17.6 Å². The number of carboxylic acids is 1. The van der Waals surface area contributed by atoms with Gasteiger partial charge in [0.1, 0.15) is 0 Å². The van der Waals surface area contributed by atoms with Crippen LogP contribution in [-0.4, -0.2) is 23.5 Å². The summed E-state index contributed by atoms with van der Waals surface area (Å²) < 4.78 is 0. The number of benzene rings is 2. The Hall–Kier alpha value is -2.88.